The van der Waals surface area contributed by atoms with Crippen molar-refractivity contribution in [2.24, 2.45) is 5.73 Å². The van der Waals surface area contributed by atoms with Gasteiger partial charge in [0.25, 0.3) is 0 Å². The highest BCUT2D eigenvalue weighted by Gasteiger charge is 2.09. The van der Waals surface area contributed by atoms with Crippen molar-refractivity contribution in [1.82, 2.24) is 0 Å². The standard InChI is InChI=1S/C19H25N/c1-13-10-14(2)16(4)19(15(13)3)12-18-7-5-6-17(11-18)8-9-20/h5-7,10-11H,8-9,12,20H2,1-4H3. The molecule has 1 nitrogen and oxygen atoms in total. The van der Waals surface area contributed by atoms with Gasteiger partial charge in [-0.05, 0) is 86.0 Å². The molecule has 0 aromatic heterocycles. The van der Waals surface area contributed by atoms with Crippen LogP contribution in [0.15, 0.2) is 30.3 Å². The van der Waals surface area contributed by atoms with Gasteiger partial charge in [-0.3, -0.25) is 0 Å². The molecule has 0 spiro atoms. The van der Waals surface area contributed by atoms with Crippen molar-refractivity contribution in [1.29, 1.82) is 0 Å². The number of benzene rings is 2. The summed E-state index contributed by atoms with van der Waals surface area (Å²) in [5.41, 5.74) is 15.5. The van der Waals surface area contributed by atoms with Crippen LogP contribution >= 0.6 is 0 Å². The van der Waals surface area contributed by atoms with E-state index >= 15 is 0 Å². The summed E-state index contributed by atoms with van der Waals surface area (Å²) in [6.45, 7) is 9.60. The van der Waals surface area contributed by atoms with Gasteiger partial charge in [0.2, 0.25) is 0 Å². The summed E-state index contributed by atoms with van der Waals surface area (Å²) < 4.78 is 0. The van der Waals surface area contributed by atoms with Crippen molar-refractivity contribution in [3.05, 3.63) is 69.3 Å². The van der Waals surface area contributed by atoms with Crippen LogP contribution in [0.5, 0.6) is 0 Å². The van der Waals surface area contributed by atoms with Crippen molar-refractivity contribution >= 4 is 0 Å². The number of aryl methyl sites for hydroxylation is 2. The van der Waals surface area contributed by atoms with Crippen LogP contribution in [0.4, 0.5) is 0 Å². The fraction of sp³-hybridized carbons (Fsp3) is 0.368. The van der Waals surface area contributed by atoms with E-state index in [0.29, 0.717) is 6.54 Å². The molecule has 0 fully saturated rings. The topological polar surface area (TPSA) is 26.0 Å². The summed E-state index contributed by atoms with van der Waals surface area (Å²) >= 11 is 0. The third-order valence-electron chi connectivity index (χ3n) is 4.33. The Morgan fingerprint density at radius 1 is 0.850 bits per heavy atom. The molecule has 0 aliphatic carbocycles. The van der Waals surface area contributed by atoms with Gasteiger partial charge in [0, 0.05) is 0 Å². The first-order chi connectivity index (χ1) is 9.52. The molecule has 0 aliphatic heterocycles. The molecular formula is C19H25N. The second-order valence-electron chi connectivity index (χ2n) is 5.77. The molecule has 1 heteroatoms. The summed E-state index contributed by atoms with van der Waals surface area (Å²) in [6.07, 6.45) is 1.97. The Hall–Kier alpha value is -1.60. The van der Waals surface area contributed by atoms with Crippen molar-refractivity contribution in [3.8, 4) is 0 Å². The molecule has 2 N–H and O–H groups in total. The lowest BCUT2D eigenvalue weighted by Gasteiger charge is -2.16. The van der Waals surface area contributed by atoms with Gasteiger partial charge in [0.1, 0.15) is 0 Å². The smallest absolute Gasteiger partial charge is 0.00202 e. The zero-order valence-electron chi connectivity index (χ0n) is 13.1. The van der Waals surface area contributed by atoms with E-state index in [1.54, 1.807) is 0 Å². The molecule has 0 radical (unpaired) electrons. The first-order valence-electron chi connectivity index (χ1n) is 7.37. The molecular weight excluding hydrogens is 242 g/mol. The molecule has 0 amide bonds. The second-order valence-corrected chi connectivity index (χ2v) is 5.77. The lowest BCUT2D eigenvalue weighted by atomic mass is 9.90. The molecule has 20 heavy (non-hydrogen) atoms. The molecule has 0 aliphatic rings. The minimum Gasteiger partial charge on any atom is -0.330 e. The van der Waals surface area contributed by atoms with Crippen LogP contribution in [-0.2, 0) is 12.8 Å². The summed E-state index contributed by atoms with van der Waals surface area (Å²) in [4.78, 5) is 0. The monoisotopic (exact) mass is 267 g/mol. The highest BCUT2D eigenvalue weighted by molar-refractivity contribution is 5.46. The number of rotatable bonds is 4. The van der Waals surface area contributed by atoms with E-state index in [-0.39, 0.29) is 0 Å². The lowest BCUT2D eigenvalue weighted by molar-refractivity contribution is 0.962. The number of nitrogens with two attached hydrogens (primary N) is 1. The average Bonchev–Trinajstić information content (AvgIpc) is 2.42. The van der Waals surface area contributed by atoms with E-state index in [0.717, 1.165) is 12.8 Å². The molecule has 0 atom stereocenters. The van der Waals surface area contributed by atoms with Crippen LogP contribution in [0.1, 0.15) is 38.9 Å². The van der Waals surface area contributed by atoms with Crippen molar-refractivity contribution in [2.45, 2.75) is 40.5 Å². The normalized spacial score (nSPS) is 10.8. The first kappa shape index (κ1) is 14.8. The maximum absolute atomic E-state index is 5.65. The van der Waals surface area contributed by atoms with Gasteiger partial charge in [-0.2, -0.15) is 0 Å². The Labute approximate surface area is 122 Å². The van der Waals surface area contributed by atoms with Crippen LogP contribution in [0.25, 0.3) is 0 Å². The Kier molecular flexibility index (Phi) is 4.61. The predicted molar refractivity (Wildman–Crippen MR) is 87.4 cm³/mol. The Morgan fingerprint density at radius 2 is 1.45 bits per heavy atom. The third kappa shape index (κ3) is 3.10. The van der Waals surface area contributed by atoms with Crippen LogP contribution < -0.4 is 5.73 Å². The minimum absolute atomic E-state index is 0.713. The van der Waals surface area contributed by atoms with Gasteiger partial charge in [0.15, 0.2) is 0 Å². The summed E-state index contributed by atoms with van der Waals surface area (Å²) in [5, 5.41) is 0. The van der Waals surface area contributed by atoms with E-state index in [2.05, 4.69) is 58.0 Å². The average molecular weight is 267 g/mol. The number of hydrogen-bond acceptors (Lipinski definition) is 1. The van der Waals surface area contributed by atoms with Gasteiger partial charge in [0.05, 0.1) is 0 Å². The van der Waals surface area contributed by atoms with E-state index in [1.807, 2.05) is 0 Å². The third-order valence-corrected chi connectivity index (χ3v) is 4.33. The quantitative estimate of drug-likeness (QED) is 0.890. The molecule has 0 heterocycles. The van der Waals surface area contributed by atoms with E-state index in [1.165, 1.54) is 38.9 Å². The lowest BCUT2D eigenvalue weighted by Crippen LogP contribution is -2.04. The molecule has 0 unspecified atom stereocenters. The summed E-state index contributed by atoms with van der Waals surface area (Å²) in [7, 11) is 0. The van der Waals surface area contributed by atoms with Crippen LogP contribution in [0.2, 0.25) is 0 Å². The molecule has 0 bridgehead atoms. The van der Waals surface area contributed by atoms with Crippen molar-refractivity contribution < 1.29 is 0 Å². The Morgan fingerprint density at radius 3 is 2.05 bits per heavy atom. The van der Waals surface area contributed by atoms with Crippen LogP contribution in [-0.4, -0.2) is 6.54 Å². The number of hydrogen-bond donors (Lipinski definition) is 1. The fourth-order valence-electron chi connectivity index (χ4n) is 2.83. The predicted octanol–water partition coefficient (Wildman–Crippen LogP) is 4.01. The molecule has 2 aromatic rings. The van der Waals surface area contributed by atoms with Gasteiger partial charge in [-0.25, -0.2) is 0 Å². The SMILES string of the molecule is Cc1cc(C)c(C)c(Cc2cccc(CCN)c2)c1C. The molecule has 106 valence electrons. The second kappa shape index (κ2) is 6.23. The van der Waals surface area contributed by atoms with Crippen LogP contribution in [0.3, 0.4) is 0 Å². The molecule has 0 saturated heterocycles. The van der Waals surface area contributed by atoms with Crippen molar-refractivity contribution in [3.63, 3.8) is 0 Å². The van der Waals surface area contributed by atoms with Gasteiger partial charge < -0.3 is 5.73 Å². The van der Waals surface area contributed by atoms with E-state index in [9.17, 15) is 0 Å². The zero-order valence-corrected chi connectivity index (χ0v) is 13.1. The van der Waals surface area contributed by atoms with Crippen LogP contribution in [0, 0.1) is 27.7 Å². The van der Waals surface area contributed by atoms with E-state index < -0.39 is 0 Å². The zero-order chi connectivity index (χ0) is 14.7. The largest absolute Gasteiger partial charge is 0.330 e. The molecule has 2 aromatic carbocycles. The maximum atomic E-state index is 5.65. The van der Waals surface area contributed by atoms with Crippen molar-refractivity contribution in [2.75, 3.05) is 6.54 Å². The highest BCUT2D eigenvalue weighted by atomic mass is 14.5. The van der Waals surface area contributed by atoms with Gasteiger partial charge in [-0.1, -0.05) is 30.3 Å². The Bertz CT molecular complexity index is 585. The van der Waals surface area contributed by atoms with E-state index in [4.69, 9.17) is 5.73 Å². The first-order valence-corrected chi connectivity index (χ1v) is 7.37. The summed E-state index contributed by atoms with van der Waals surface area (Å²) in [5.74, 6) is 0. The van der Waals surface area contributed by atoms with Gasteiger partial charge >= 0.3 is 0 Å². The Balaban J connectivity index is 2.37. The maximum Gasteiger partial charge on any atom is -0.00202 e. The minimum atomic E-state index is 0.713. The van der Waals surface area contributed by atoms with Gasteiger partial charge in [-0.15, -0.1) is 0 Å². The fourth-order valence-corrected chi connectivity index (χ4v) is 2.83. The summed E-state index contributed by atoms with van der Waals surface area (Å²) in [6, 6.07) is 11.1. The molecule has 2 rings (SSSR count). The highest BCUT2D eigenvalue weighted by Crippen LogP contribution is 2.24. The molecule has 0 saturated carbocycles.